The van der Waals surface area contributed by atoms with Crippen LogP contribution in [0.15, 0.2) is 27.2 Å². The number of hydrogen-bond donors (Lipinski definition) is 0. The number of carbonyl (C=O) groups is 2. The van der Waals surface area contributed by atoms with E-state index in [1.165, 1.54) is 0 Å². The molecule has 2 aliphatic heterocycles. The van der Waals surface area contributed by atoms with E-state index in [1.807, 2.05) is 0 Å². The maximum absolute atomic E-state index is 10.8. The first kappa shape index (κ1) is 5.90. The van der Waals surface area contributed by atoms with Crippen molar-refractivity contribution in [2.24, 2.45) is 15.4 Å². The number of fused-ring (bicyclic) bond motifs is 1. The lowest BCUT2D eigenvalue weighted by Gasteiger charge is -1.94. The average Bonchev–Trinajstić information content (AvgIpc) is 2.35. The average molecular weight is 151 g/mol. The molecule has 0 spiro atoms. The first-order valence-electron chi connectivity index (χ1n) is 2.74. The molecule has 6 heteroatoms. The molecule has 54 valence electrons. The molecule has 0 unspecified atom stereocenters. The molecule has 0 fully saturated rings. The lowest BCUT2D eigenvalue weighted by Crippen LogP contribution is -2.16. The Hall–Kier alpha value is -1.85. The summed E-state index contributed by atoms with van der Waals surface area (Å²) in [5.74, 6) is -1.31. The minimum atomic E-state index is -0.660. The van der Waals surface area contributed by atoms with Gasteiger partial charge in [-0.2, -0.15) is 5.11 Å². The zero-order chi connectivity index (χ0) is 7.84. The van der Waals surface area contributed by atoms with Crippen LogP contribution in [0.4, 0.5) is 0 Å². The molecular weight excluding hydrogens is 150 g/mol. The predicted octanol–water partition coefficient (Wildman–Crippen LogP) is -0.225. The number of nitrogens with zero attached hydrogens (tertiary/aromatic N) is 3. The van der Waals surface area contributed by atoms with E-state index in [0.29, 0.717) is 0 Å². The third-order valence-corrected chi connectivity index (χ3v) is 1.23. The lowest BCUT2D eigenvalue weighted by atomic mass is 10.1. The quantitative estimate of drug-likeness (QED) is 0.448. The van der Waals surface area contributed by atoms with Gasteiger partial charge in [-0.1, -0.05) is 5.16 Å². The first-order valence-corrected chi connectivity index (χ1v) is 2.74. The Labute approximate surface area is 60.2 Å². The van der Waals surface area contributed by atoms with Crippen LogP contribution in [0.2, 0.25) is 0 Å². The fraction of sp³-hybridized carbons (Fsp3) is 0. The van der Waals surface area contributed by atoms with Crippen molar-refractivity contribution in [1.82, 2.24) is 0 Å². The number of azo groups is 1. The van der Waals surface area contributed by atoms with Gasteiger partial charge in [0.15, 0.2) is 5.71 Å². The van der Waals surface area contributed by atoms with E-state index in [0.717, 1.165) is 6.20 Å². The molecule has 0 atom stereocenters. The van der Waals surface area contributed by atoms with E-state index in [4.69, 9.17) is 0 Å². The van der Waals surface area contributed by atoms with Gasteiger partial charge in [-0.15, -0.1) is 5.11 Å². The molecule has 2 heterocycles. The zero-order valence-electron chi connectivity index (χ0n) is 5.14. The molecular formula is C5HN3O3. The minimum Gasteiger partial charge on any atom is -0.312 e. The maximum atomic E-state index is 10.8. The molecule has 6 nitrogen and oxygen atoms in total. The third-order valence-electron chi connectivity index (χ3n) is 1.23. The molecule has 1 amide bonds. The summed E-state index contributed by atoms with van der Waals surface area (Å²) in [4.78, 5) is 25.7. The molecule has 2 rings (SSSR count). The van der Waals surface area contributed by atoms with E-state index in [9.17, 15) is 9.59 Å². The highest BCUT2D eigenvalue weighted by Crippen LogP contribution is 2.15. The largest absolute Gasteiger partial charge is 0.369 e. The lowest BCUT2D eigenvalue weighted by molar-refractivity contribution is -0.136. The molecule has 0 aromatic carbocycles. The Morgan fingerprint density at radius 2 is 2.18 bits per heavy atom. The van der Waals surface area contributed by atoms with Gasteiger partial charge >= 0.3 is 11.9 Å². The fourth-order valence-electron chi connectivity index (χ4n) is 0.737. The van der Waals surface area contributed by atoms with Crippen molar-refractivity contribution in [3.05, 3.63) is 11.8 Å². The first-order chi connectivity index (χ1) is 5.29. The second-order valence-corrected chi connectivity index (χ2v) is 1.88. The summed E-state index contributed by atoms with van der Waals surface area (Å²) in [6, 6.07) is 0. The Balaban J connectivity index is 2.54. The third kappa shape index (κ3) is 0.689. The predicted molar refractivity (Wildman–Crippen MR) is 31.5 cm³/mol. The maximum Gasteiger partial charge on any atom is 0.369 e. The van der Waals surface area contributed by atoms with Crippen LogP contribution in [0.1, 0.15) is 0 Å². The normalized spacial score (nSPS) is 20.7. The number of amides is 1. The van der Waals surface area contributed by atoms with Gasteiger partial charge in [0.2, 0.25) is 0 Å². The van der Waals surface area contributed by atoms with Crippen molar-refractivity contribution in [3.63, 3.8) is 0 Å². The van der Waals surface area contributed by atoms with Crippen LogP contribution in [0.5, 0.6) is 0 Å². The monoisotopic (exact) mass is 151 g/mol. The van der Waals surface area contributed by atoms with Crippen LogP contribution in [-0.2, 0) is 14.4 Å². The van der Waals surface area contributed by atoms with Crippen LogP contribution < -0.4 is 0 Å². The molecule has 0 saturated carbocycles. The zero-order valence-corrected chi connectivity index (χ0v) is 5.14. The molecule has 0 aliphatic carbocycles. The molecule has 0 radical (unpaired) electrons. The minimum absolute atomic E-state index is 0.0648. The van der Waals surface area contributed by atoms with Gasteiger partial charge in [0.25, 0.3) is 0 Å². The van der Waals surface area contributed by atoms with Gasteiger partial charge in [-0.25, -0.2) is 4.79 Å². The van der Waals surface area contributed by atoms with Crippen molar-refractivity contribution in [2.45, 2.75) is 0 Å². The summed E-state index contributed by atoms with van der Waals surface area (Å²) in [6.07, 6.45) is 1.15. The van der Waals surface area contributed by atoms with E-state index >= 15 is 0 Å². The van der Waals surface area contributed by atoms with E-state index in [1.54, 1.807) is 0 Å². The van der Waals surface area contributed by atoms with Gasteiger partial charge in [0.05, 0.1) is 6.20 Å². The Bertz CT molecular complexity index is 339. The highest BCUT2D eigenvalue weighted by atomic mass is 16.7. The number of rotatable bonds is 0. The number of oxime groups is 1. The number of carbonyl (C=O) groups excluding carboxylic acids is 2. The summed E-state index contributed by atoms with van der Waals surface area (Å²) in [6.45, 7) is 0. The van der Waals surface area contributed by atoms with Crippen molar-refractivity contribution in [1.29, 1.82) is 0 Å². The second kappa shape index (κ2) is 1.82. The molecule has 0 aromatic heterocycles. The molecule has 0 saturated heterocycles. The van der Waals surface area contributed by atoms with E-state index in [2.05, 4.69) is 20.2 Å². The van der Waals surface area contributed by atoms with Crippen LogP contribution in [0.3, 0.4) is 0 Å². The Morgan fingerprint density at radius 3 is 2.91 bits per heavy atom. The van der Waals surface area contributed by atoms with Crippen molar-refractivity contribution in [3.8, 4) is 0 Å². The molecule has 11 heavy (non-hydrogen) atoms. The van der Waals surface area contributed by atoms with Crippen molar-refractivity contribution < 1.29 is 14.4 Å². The molecule has 0 N–H and O–H groups in total. The van der Waals surface area contributed by atoms with E-state index in [-0.39, 0.29) is 11.3 Å². The van der Waals surface area contributed by atoms with Gasteiger partial charge < -0.3 is 4.84 Å². The van der Waals surface area contributed by atoms with Crippen molar-refractivity contribution in [2.75, 3.05) is 0 Å². The van der Waals surface area contributed by atoms with Gasteiger partial charge in [-0.05, 0) is 0 Å². The molecule has 2 aliphatic rings. The topological polar surface area (TPSA) is 80.5 Å². The van der Waals surface area contributed by atoms with Gasteiger partial charge in [0.1, 0.15) is 5.57 Å². The Kier molecular flexibility index (Phi) is 0.974. The molecule has 0 aromatic rings. The SMILES string of the molecule is O=C1N=NC=C2C(=O)ON=C12. The summed E-state index contributed by atoms with van der Waals surface area (Å²) in [5.41, 5.74) is 0.00926. The molecule has 0 bridgehead atoms. The van der Waals surface area contributed by atoms with Gasteiger partial charge in [0, 0.05) is 0 Å². The van der Waals surface area contributed by atoms with Crippen LogP contribution in [-0.4, -0.2) is 17.6 Å². The number of hydrogen-bond acceptors (Lipinski definition) is 5. The summed E-state index contributed by atoms with van der Waals surface area (Å²) in [5, 5.41) is 9.65. The summed E-state index contributed by atoms with van der Waals surface area (Å²) >= 11 is 0. The summed E-state index contributed by atoms with van der Waals surface area (Å²) < 4.78 is 0. The standard InChI is InChI=1S/C5HN3O3/c9-4-3-2(1-6-7-4)5(10)11-8-3/h1H. The fourth-order valence-corrected chi connectivity index (χ4v) is 0.737. The highest BCUT2D eigenvalue weighted by molar-refractivity contribution is 6.52. The van der Waals surface area contributed by atoms with Crippen LogP contribution in [0, 0.1) is 0 Å². The smallest absolute Gasteiger partial charge is 0.312 e. The van der Waals surface area contributed by atoms with Crippen molar-refractivity contribution >= 4 is 17.6 Å². The Morgan fingerprint density at radius 1 is 1.36 bits per heavy atom. The highest BCUT2D eigenvalue weighted by Gasteiger charge is 2.32. The van der Waals surface area contributed by atoms with Crippen LogP contribution in [0.25, 0.3) is 0 Å². The van der Waals surface area contributed by atoms with Gasteiger partial charge in [-0.3, -0.25) is 4.79 Å². The van der Waals surface area contributed by atoms with E-state index < -0.39 is 11.9 Å². The van der Waals surface area contributed by atoms with Crippen LogP contribution >= 0.6 is 0 Å². The summed E-state index contributed by atoms with van der Waals surface area (Å²) in [7, 11) is 0. The second-order valence-electron chi connectivity index (χ2n) is 1.88.